The molecule has 0 heterocycles. The van der Waals surface area contributed by atoms with Crippen LogP contribution in [0, 0.1) is 0 Å². The van der Waals surface area contributed by atoms with Crippen molar-refractivity contribution in [2.75, 3.05) is 0 Å². The summed E-state index contributed by atoms with van der Waals surface area (Å²) >= 11 is 5.59. The van der Waals surface area contributed by atoms with E-state index >= 15 is 0 Å². The third kappa shape index (κ3) is 2.49. The summed E-state index contributed by atoms with van der Waals surface area (Å²) < 4.78 is 23.3. The Bertz CT molecular complexity index is 463. The SMILES string of the molecule is CC(C(=O)O)S(=O)(=O)c1ccc(Cl)cc1. The van der Waals surface area contributed by atoms with Gasteiger partial charge in [0.25, 0.3) is 0 Å². The van der Waals surface area contributed by atoms with Gasteiger partial charge >= 0.3 is 5.97 Å². The van der Waals surface area contributed by atoms with Crippen molar-refractivity contribution in [3.63, 3.8) is 0 Å². The molecule has 6 heteroatoms. The summed E-state index contributed by atoms with van der Waals surface area (Å²) in [5.41, 5.74) is 0. The van der Waals surface area contributed by atoms with E-state index < -0.39 is 21.1 Å². The summed E-state index contributed by atoms with van der Waals surface area (Å²) in [4.78, 5) is 10.5. The van der Waals surface area contributed by atoms with Crippen LogP contribution in [-0.2, 0) is 14.6 Å². The molecule has 0 saturated heterocycles. The van der Waals surface area contributed by atoms with Crippen LogP contribution >= 0.6 is 11.6 Å². The monoisotopic (exact) mass is 248 g/mol. The Morgan fingerprint density at radius 3 is 2.20 bits per heavy atom. The number of halogens is 1. The van der Waals surface area contributed by atoms with Gasteiger partial charge in [-0.05, 0) is 31.2 Å². The van der Waals surface area contributed by atoms with Crippen molar-refractivity contribution in [3.05, 3.63) is 29.3 Å². The summed E-state index contributed by atoms with van der Waals surface area (Å²) in [5, 5.41) is 7.57. The zero-order valence-electron chi connectivity index (χ0n) is 7.84. The van der Waals surface area contributed by atoms with E-state index in [0.717, 1.165) is 6.92 Å². The molecule has 15 heavy (non-hydrogen) atoms. The van der Waals surface area contributed by atoms with Crippen molar-refractivity contribution >= 4 is 27.4 Å². The van der Waals surface area contributed by atoms with Crippen molar-refractivity contribution < 1.29 is 18.3 Å². The molecule has 1 aromatic rings. The second-order valence-corrected chi connectivity index (χ2v) is 5.68. The molecule has 0 radical (unpaired) electrons. The Kier molecular flexibility index (Phi) is 3.36. The van der Waals surface area contributed by atoms with Gasteiger partial charge < -0.3 is 5.11 Å². The molecule has 0 aliphatic carbocycles. The molecule has 0 bridgehead atoms. The molecule has 0 aliphatic heterocycles. The summed E-state index contributed by atoms with van der Waals surface area (Å²) in [6.45, 7) is 1.13. The van der Waals surface area contributed by atoms with Crippen LogP contribution in [-0.4, -0.2) is 24.7 Å². The number of rotatable bonds is 3. The number of carbonyl (C=O) groups is 1. The van der Waals surface area contributed by atoms with E-state index in [9.17, 15) is 13.2 Å². The van der Waals surface area contributed by atoms with Crippen LogP contribution in [0.3, 0.4) is 0 Å². The van der Waals surface area contributed by atoms with Gasteiger partial charge in [0.1, 0.15) is 0 Å². The number of sulfone groups is 1. The summed E-state index contributed by atoms with van der Waals surface area (Å²) in [5.74, 6) is -1.37. The van der Waals surface area contributed by atoms with Gasteiger partial charge in [0.15, 0.2) is 15.1 Å². The van der Waals surface area contributed by atoms with Crippen LogP contribution in [0.2, 0.25) is 5.02 Å². The molecule has 82 valence electrons. The van der Waals surface area contributed by atoms with Crippen molar-refractivity contribution in [1.29, 1.82) is 0 Å². The first-order chi connectivity index (χ1) is 6.85. The molecule has 0 aromatic heterocycles. The van der Waals surface area contributed by atoms with Crippen LogP contribution in [0.4, 0.5) is 0 Å². The van der Waals surface area contributed by atoms with Crippen molar-refractivity contribution in [2.45, 2.75) is 17.1 Å². The maximum atomic E-state index is 11.7. The first kappa shape index (κ1) is 12.0. The smallest absolute Gasteiger partial charge is 0.321 e. The van der Waals surface area contributed by atoms with Crippen LogP contribution in [0.15, 0.2) is 29.2 Å². The van der Waals surface area contributed by atoms with E-state index in [-0.39, 0.29) is 4.90 Å². The largest absolute Gasteiger partial charge is 0.480 e. The molecule has 0 spiro atoms. The van der Waals surface area contributed by atoms with Gasteiger partial charge in [0.2, 0.25) is 0 Å². The van der Waals surface area contributed by atoms with Gasteiger partial charge in [-0.25, -0.2) is 8.42 Å². The van der Waals surface area contributed by atoms with Crippen LogP contribution in [0.1, 0.15) is 6.92 Å². The Balaban J connectivity index is 3.17. The third-order valence-corrected chi connectivity index (χ3v) is 4.27. The first-order valence-corrected chi connectivity index (χ1v) is 6.00. The Morgan fingerprint density at radius 1 is 1.33 bits per heavy atom. The zero-order valence-corrected chi connectivity index (χ0v) is 9.42. The van der Waals surface area contributed by atoms with Gasteiger partial charge in [0.05, 0.1) is 4.90 Å². The van der Waals surface area contributed by atoms with Crippen LogP contribution < -0.4 is 0 Å². The Hall–Kier alpha value is -1.07. The van der Waals surface area contributed by atoms with Crippen LogP contribution in [0.5, 0.6) is 0 Å². The Morgan fingerprint density at radius 2 is 1.80 bits per heavy atom. The van der Waals surface area contributed by atoms with Gasteiger partial charge in [-0.2, -0.15) is 0 Å². The highest BCUT2D eigenvalue weighted by atomic mass is 35.5. The molecule has 0 saturated carbocycles. The van der Waals surface area contributed by atoms with Crippen LogP contribution in [0.25, 0.3) is 0 Å². The minimum absolute atomic E-state index is 0.0400. The van der Waals surface area contributed by atoms with Crippen molar-refractivity contribution in [1.82, 2.24) is 0 Å². The van der Waals surface area contributed by atoms with E-state index in [1.165, 1.54) is 24.3 Å². The van der Waals surface area contributed by atoms with Gasteiger partial charge in [-0.15, -0.1) is 0 Å². The van der Waals surface area contributed by atoms with E-state index in [0.29, 0.717) is 5.02 Å². The highest BCUT2D eigenvalue weighted by molar-refractivity contribution is 7.92. The number of benzene rings is 1. The molecule has 0 amide bonds. The van der Waals surface area contributed by atoms with E-state index in [1.54, 1.807) is 0 Å². The van der Waals surface area contributed by atoms with E-state index in [2.05, 4.69) is 0 Å². The molecular weight excluding hydrogens is 240 g/mol. The fourth-order valence-electron chi connectivity index (χ4n) is 0.961. The summed E-state index contributed by atoms with van der Waals surface area (Å²) in [7, 11) is -3.81. The first-order valence-electron chi connectivity index (χ1n) is 4.08. The maximum absolute atomic E-state index is 11.7. The van der Waals surface area contributed by atoms with E-state index in [1.807, 2.05) is 0 Å². The van der Waals surface area contributed by atoms with Crippen molar-refractivity contribution in [3.8, 4) is 0 Å². The second-order valence-electron chi connectivity index (χ2n) is 2.98. The van der Waals surface area contributed by atoms with Crippen molar-refractivity contribution in [2.24, 2.45) is 0 Å². The third-order valence-electron chi connectivity index (χ3n) is 1.96. The molecule has 4 nitrogen and oxygen atoms in total. The number of aliphatic carboxylic acids is 1. The highest BCUT2D eigenvalue weighted by Crippen LogP contribution is 2.18. The summed E-state index contributed by atoms with van der Waals surface area (Å²) in [6, 6.07) is 5.39. The lowest BCUT2D eigenvalue weighted by Crippen LogP contribution is -2.26. The Labute approximate surface area is 92.4 Å². The number of carboxylic acid groups (broad SMARTS) is 1. The average Bonchev–Trinajstić information content (AvgIpc) is 2.17. The molecule has 0 aliphatic rings. The highest BCUT2D eigenvalue weighted by Gasteiger charge is 2.29. The lowest BCUT2D eigenvalue weighted by atomic mass is 10.4. The number of hydrogen-bond acceptors (Lipinski definition) is 3. The lowest BCUT2D eigenvalue weighted by Gasteiger charge is -2.08. The number of carboxylic acids is 1. The molecule has 1 atom stereocenters. The van der Waals surface area contributed by atoms with Gasteiger partial charge in [-0.3, -0.25) is 4.79 Å². The molecular formula is C9H9ClO4S. The molecule has 1 unspecified atom stereocenters. The van der Waals surface area contributed by atoms with Gasteiger partial charge in [0, 0.05) is 5.02 Å². The summed E-state index contributed by atoms with van der Waals surface area (Å²) in [6.07, 6.45) is 0. The minimum Gasteiger partial charge on any atom is -0.480 e. The average molecular weight is 249 g/mol. The van der Waals surface area contributed by atoms with E-state index in [4.69, 9.17) is 16.7 Å². The lowest BCUT2D eigenvalue weighted by molar-refractivity contribution is -0.136. The maximum Gasteiger partial charge on any atom is 0.321 e. The number of hydrogen-bond donors (Lipinski definition) is 1. The second kappa shape index (κ2) is 4.20. The quantitative estimate of drug-likeness (QED) is 0.882. The predicted molar refractivity (Wildman–Crippen MR) is 55.7 cm³/mol. The zero-order chi connectivity index (χ0) is 11.6. The fraction of sp³-hybridized carbons (Fsp3) is 0.222. The molecule has 1 aromatic carbocycles. The minimum atomic E-state index is -3.81. The van der Waals surface area contributed by atoms with Gasteiger partial charge in [-0.1, -0.05) is 11.6 Å². The standard InChI is InChI=1S/C9H9ClO4S/c1-6(9(11)12)15(13,14)8-4-2-7(10)3-5-8/h2-6H,1H3,(H,11,12). The normalized spacial score (nSPS) is 13.5. The molecule has 0 fully saturated rings. The fourth-order valence-corrected chi connectivity index (χ4v) is 2.28. The molecule has 1 N–H and O–H groups in total. The topological polar surface area (TPSA) is 71.4 Å². The molecule has 1 rings (SSSR count). The predicted octanol–water partition coefficient (Wildman–Crippen LogP) is 1.59.